The van der Waals surface area contributed by atoms with Crippen LogP contribution in [0.5, 0.6) is 0 Å². The first kappa shape index (κ1) is 34.1. The molecule has 0 aliphatic carbocycles. The van der Waals surface area contributed by atoms with Gasteiger partial charge in [0.2, 0.25) is 5.28 Å². The minimum Gasteiger partial charge on any atom is -0.387 e. The van der Waals surface area contributed by atoms with Crippen molar-refractivity contribution in [3.8, 4) is 0 Å². The van der Waals surface area contributed by atoms with Crippen LogP contribution < -0.4 is 5.73 Å². The third-order valence-corrected chi connectivity index (χ3v) is 9.12. The summed E-state index contributed by atoms with van der Waals surface area (Å²) in [7, 11) is -16.8. The van der Waals surface area contributed by atoms with Crippen molar-refractivity contribution in [2.24, 2.45) is 0 Å². The zero-order chi connectivity index (χ0) is 29.8. The molecular formula is C16H29ClFN6O12P3. The Morgan fingerprint density at radius 1 is 1.10 bits per heavy atom. The van der Waals surface area contributed by atoms with Crippen molar-refractivity contribution in [1.82, 2.24) is 24.4 Å². The van der Waals surface area contributed by atoms with Crippen molar-refractivity contribution in [3.63, 3.8) is 0 Å². The molecule has 2 aromatic rings. The Bertz CT molecular complexity index is 1260. The normalized spacial score (nSPS) is 24.8. The molecule has 0 aromatic carbocycles. The summed E-state index contributed by atoms with van der Waals surface area (Å²) < 4.78 is 66.1. The lowest BCUT2D eigenvalue weighted by Gasteiger charge is -2.19. The average Bonchev–Trinajstić information content (AvgIpc) is 3.33. The highest BCUT2D eigenvalue weighted by molar-refractivity contribution is 7.66. The molecule has 0 bridgehead atoms. The predicted octanol–water partition coefficient (Wildman–Crippen LogP) is 1.35. The number of fused-ring (bicyclic) bond motifs is 1. The van der Waals surface area contributed by atoms with Crippen molar-refractivity contribution in [2.45, 2.75) is 45.4 Å². The van der Waals surface area contributed by atoms with E-state index < -0.39 is 54.7 Å². The molecule has 39 heavy (non-hydrogen) atoms. The van der Waals surface area contributed by atoms with Gasteiger partial charge in [-0.2, -0.15) is 18.6 Å². The van der Waals surface area contributed by atoms with Crippen LogP contribution >= 0.6 is 35.1 Å². The molecule has 6 atom stereocenters. The molecule has 0 radical (unpaired) electrons. The molecule has 3 heterocycles. The number of nitrogens with zero attached hydrogens (tertiary/aromatic N) is 5. The number of nitrogen functional groups attached to an aromatic ring is 1. The smallest absolute Gasteiger partial charge is 0.387 e. The van der Waals surface area contributed by atoms with E-state index in [9.17, 15) is 28.1 Å². The minimum atomic E-state index is -5.74. The summed E-state index contributed by atoms with van der Waals surface area (Å²) in [5, 5.41) is 9.77. The largest absolute Gasteiger partial charge is 0.490 e. The van der Waals surface area contributed by atoms with Gasteiger partial charge in [-0.1, -0.05) is 20.8 Å². The summed E-state index contributed by atoms with van der Waals surface area (Å²) >= 11 is 5.72. The number of hydrogen-bond acceptors (Lipinski definition) is 13. The fourth-order valence-corrected chi connectivity index (χ4v) is 6.50. The van der Waals surface area contributed by atoms with Gasteiger partial charge in [-0.15, -0.1) is 0 Å². The van der Waals surface area contributed by atoms with E-state index in [0.29, 0.717) is 0 Å². The number of hydrogen-bond donors (Lipinski definition) is 6. The fraction of sp³-hybridized carbons (Fsp3) is 0.688. The molecule has 1 aliphatic rings. The number of phosphoric ester groups is 1. The van der Waals surface area contributed by atoms with Gasteiger partial charge in [0.05, 0.1) is 12.9 Å². The van der Waals surface area contributed by atoms with Crippen LogP contribution in [0.4, 0.5) is 10.2 Å². The summed E-state index contributed by atoms with van der Waals surface area (Å²) in [6.45, 7) is 9.06. The highest BCUT2D eigenvalue weighted by Crippen LogP contribution is 2.66. The first-order valence-electron chi connectivity index (χ1n) is 11.1. The van der Waals surface area contributed by atoms with Gasteiger partial charge in [-0.25, -0.2) is 23.1 Å². The molecule has 3 rings (SSSR count). The number of aliphatic hydroxyl groups is 1. The molecule has 23 heteroatoms. The number of anilines is 1. The van der Waals surface area contributed by atoms with Crippen LogP contribution in [0.3, 0.4) is 0 Å². The third-order valence-electron chi connectivity index (χ3n) is 5.15. The Morgan fingerprint density at radius 2 is 1.69 bits per heavy atom. The standard InChI is InChI=1S/C10H14ClFN5O12P3.C6H15N/c11-10-15-7(13)5-8(16-10)17(2-14-5)9-4(12)6(18)3(27-9)1-26-31(22,23)29-32(24,25)28-30(19,20)21;1-4-7(5-2)6-3/h2-4,6,9,18H,1H2,(H,22,23)(H,24,25)(H2,13,15,16)(H2,19,20,21);4-6H2,1-3H3/t3-,4+,6-,9-;/m1./s1. The lowest BCUT2D eigenvalue weighted by atomic mass is 10.1. The third kappa shape index (κ3) is 9.73. The number of rotatable bonds is 11. The summed E-state index contributed by atoms with van der Waals surface area (Å²) in [6.07, 6.45) is -6.20. The van der Waals surface area contributed by atoms with E-state index in [1.807, 2.05) is 0 Å². The Kier molecular flexibility index (Phi) is 11.9. The predicted molar refractivity (Wildman–Crippen MR) is 133 cm³/mol. The molecule has 0 spiro atoms. The second kappa shape index (κ2) is 13.7. The maximum atomic E-state index is 14.7. The van der Waals surface area contributed by atoms with Crippen LogP contribution in [0.25, 0.3) is 11.2 Å². The average molecular weight is 645 g/mol. The molecule has 18 nitrogen and oxygen atoms in total. The van der Waals surface area contributed by atoms with Crippen LogP contribution in [-0.4, -0.2) is 93.7 Å². The van der Waals surface area contributed by atoms with Crippen molar-refractivity contribution >= 4 is 52.1 Å². The molecule has 2 unspecified atom stereocenters. The topological polar surface area (TPSA) is 262 Å². The van der Waals surface area contributed by atoms with Gasteiger partial charge in [0, 0.05) is 0 Å². The molecule has 1 saturated heterocycles. The van der Waals surface area contributed by atoms with Crippen molar-refractivity contribution in [3.05, 3.63) is 11.6 Å². The second-order valence-electron chi connectivity index (χ2n) is 7.71. The van der Waals surface area contributed by atoms with E-state index in [0.717, 1.165) is 10.9 Å². The van der Waals surface area contributed by atoms with Gasteiger partial charge in [-0.05, 0) is 31.2 Å². The van der Waals surface area contributed by atoms with Gasteiger partial charge < -0.3 is 40.1 Å². The van der Waals surface area contributed by atoms with Crippen LogP contribution in [0.1, 0.15) is 27.0 Å². The monoisotopic (exact) mass is 644 g/mol. The Balaban J connectivity index is 0.000000673. The quantitative estimate of drug-likeness (QED) is 0.149. The molecule has 7 N–H and O–H groups in total. The lowest BCUT2D eigenvalue weighted by Crippen LogP contribution is -2.31. The van der Waals surface area contributed by atoms with E-state index >= 15 is 0 Å². The fourth-order valence-electron chi connectivity index (χ4n) is 3.30. The number of aliphatic hydroxyl groups excluding tert-OH is 1. The maximum Gasteiger partial charge on any atom is 0.490 e. The number of imidazole rings is 1. The Morgan fingerprint density at radius 3 is 2.21 bits per heavy atom. The molecule has 0 amide bonds. The molecule has 2 aromatic heterocycles. The van der Waals surface area contributed by atoms with Gasteiger partial charge in [0.15, 0.2) is 23.9 Å². The number of alkyl halides is 1. The van der Waals surface area contributed by atoms with E-state index in [1.54, 1.807) is 0 Å². The zero-order valence-corrected chi connectivity index (χ0v) is 24.2. The molecule has 1 aliphatic heterocycles. The maximum absolute atomic E-state index is 14.7. The van der Waals surface area contributed by atoms with E-state index in [2.05, 4.69) is 53.8 Å². The van der Waals surface area contributed by atoms with Gasteiger partial charge >= 0.3 is 23.5 Å². The van der Waals surface area contributed by atoms with Crippen LogP contribution in [-0.2, 0) is 31.6 Å². The molecule has 0 saturated carbocycles. The lowest BCUT2D eigenvalue weighted by molar-refractivity contribution is -0.0450. The number of ether oxygens (including phenoxy) is 1. The van der Waals surface area contributed by atoms with Crippen molar-refractivity contribution < 1.29 is 60.6 Å². The highest BCUT2D eigenvalue weighted by Gasteiger charge is 2.48. The first-order chi connectivity index (χ1) is 17.9. The SMILES string of the molecule is CCN(CC)CC.Nc1nc(Cl)nc2c1ncn2[C@@H]1O[C@H](COP(=O)(O)OP(=O)(O)OP(=O)(O)O)[C@@H](O)[C@@H]1F. The van der Waals surface area contributed by atoms with E-state index in [-0.39, 0.29) is 22.3 Å². The summed E-state index contributed by atoms with van der Waals surface area (Å²) in [5.74, 6) is -0.114. The van der Waals surface area contributed by atoms with Gasteiger partial charge in [0.25, 0.3) is 0 Å². The summed E-state index contributed by atoms with van der Waals surface area (Å²) in [6, 6.07) is 0. The Hall–Kier alpha value is -1.14. The second-order valence-corrected chi connectivity index (χ2v) is 12.5. The van der Waals surface area contributed by atoms with Crippen LogP contribution in [0, 0.1) is 0 Å². The van der Waals surface area contributed by atoms with Gasteiger partial charge in [-0.3, -0.25) is 9.09 Å². The van der Waals surface area contributed by atoms with E-state index in [4.69, 9.17) is 36.8 Å². The van der Waals surface area contributed by atoms with Crippen LogP contribution in [0.2, 0.25) is 5.28 Å². The number of halogens is 2. The highest BCUT2D eigenvalue weighted by atomic mass is 35.5. The van der Waals surface area contributed by atoms with Crippen LogP contribution in [0.15, 0.2) is 6.33 Å². The number of aromatic nitrogens is 4. The Labute approximate surface area is 226 Å². The van der Waals surface area contributed by atoms with Crippen molar-refractivity contribution in [2.75, 3.05) is 32.0 Å². The molecular weight excluding hydrogens is 616 g/mol. The summed E-state index contributed by atoms with van der Waals surface area (Å²) in [4.78, 5) is 49.3. The zero-order valence-electron chi connectivity index (χ0n) is 20.7. The summed E-state index contributed by atoms with van der Waals surface area (Å²) in [5.41, 5.74) is 5.66. The number of nitrogens with two attached hydrogens (primary N) is 1. The van der Waals surface area contributed by atoms with Gasteiger partial charge in [0.1, 0.15) is 17.7 Å². The molecule has 1 fully saturated rings. The van der Waals surface area contributed by atoms with Crippen molar-refractivity contribution in [1.29, 1.82) is 0 Å². The number of phosphoric acid groups is 3. The minimum absolute atomic E-state index is 0.0455. The molecule has 224 valence electrons. The first-order valence-corrected chi connectivity index (χ1v) is 16.0. The van der Waals surface area contributed by atoms with E-state index in [1.165, 1.54) is 19.6 Å².